The van der Waals surface area contributed by atoms with Crippen LogP contribution in [0, 0.1) is 0 Å². The van der Waals surface area contributed by atoms with Gasteiger partial charge in [0.2, 0.25) is 0 Å². The minimum Gasteiger partial charge on any atom is -0.352 e. The first-order chi connectivity index (χ1) is 11.1. The smallest absolute Gasteiger partial charge is 0.295 e. The van der Waals surface area contributed by atoms with Crippen molar-refractivity contribution in [3.8, 4) is 0 Å². The van der Waals surface area contributed by atoms with E-state index in [-0.39, 0.29) is 17.8 Å². The summed E-state index contributed by atoms with van der Waals surface area (Å²) in [7, 11) is 0. The van der Waals surface area contributed by atoms with Gasteiger partial charge in [0.25, 0.3) is 11.1 Å². The summed E-state index contributed by atoms with van der Waals surface area (Å²) in [6.45, 7) is 0.0830. The second-order valence-electron chi connectivity index (χ2n) is 4.71. The molecule has 0 radical (unpaired) electrons. The summed E-state index contributed by atoms with van der Waals surface area (Å²) in [5.74, 6) is 0.284. The molecule has 0 aliphatic carbocycles. The molecule has 7 heteroatoms. The number of nitrogens with one attached hydrogen (secondary N) is 1. The van der Waals surface area contributed by atoms with Crippen LogP contribution in [-0.2, 0) is 4.79 Å². The molecule has 3 rings (SSSR count). The summed E-state index contributed by atoms with van der Waals surface area (Å²) >= 11 is 6.75. The Kier molecular flexibility index (Phi) is 4.64. The van der Waals surface area contributed by atoms with Crippen molar-refractivity contribution < 1.29 is 9.59 Å². The fourth-order valence-electron chi connectivity index (χ4n) is 1.97. The van der Waals surface area contributed by atoms with E-state index in [4.69, 9.17) is 11.6 Å². The van der Waals surface area contributed by atoms with Gasteiger partial charge in [0, 0.05) is 11.2 Å². The van der Waals surface area contributed by atoms with Gasteiger partial charge in [0.15, 0.2) is 0 Å². The minimum atomic E-state index is -0.321. The summed E-state index contributed by atoms with van der Waals surface area (Å²) in [6.07, 6.45) is 3.32. The fourth-order valence-corrected chi connectivity index (χ4v) is 2.94. The normalized spacial score (nSPS) is 16.2. The fraction of sp³-hybridized carbons (Fsp3) is 0.0625. The van der Waals surface area contributed by atoms with Crippen LogP contribution in [-0.4, -0.2) is 27.7 Å². The molecule has 1 aromatic carbocycles. The van der Waals surface area contributed by atoms with Crippen molar-refractivity contribution in [1.29, 1.82) is 0 Å². The summed E-state index contributed by atoms with van der Waals surface area (Å²) in [6, 6.07) is 12.4. The topological polar surface area (TPSA) is 62.3 Å². The Morgan fingerprint density at radius 3 is 2.65 bits per heavy atom. The first-order valence-corrected chi connectivity index (χ1v) is 7.99. The number of pyridine rings is 1. The second-order valence-corrected chi connectivity index (χ2v) is 6.14. The van der Waals surface area contributed by atoms with Gasteiger partial charge in [0.1, 0.15) is 12.5 Å². The first kappa shape index (κ1) is 15.6. The van der Waals surface area contributed by atoms with Crippen molar-refractivity contribution >= 4 is 46.4 Å². The monoisotopic (exact) mass is 345 g/mol. The number of carbonyl (C=O) groups is 2. The van der Waals surface area contributed by atoms with Crippen molar-refractivity contribution in [2.24, 2.45) is 0 Å². The number of benzene rings is 1. The Labute approximate surface area is 142 Å². The molecule has 1 aromatic heterocycles. The van der Waals surface area contributed by atoms with Gasteiger partial charge < -0.3 is 5.32 Å². The van der Waals surface area contributed by atoms with Crippen LogP contribution in [0.3, 0.4) is 0 Å². The number of anilines is 1. The Balaban J connectivity index is 1.71. The highest BCUT2D eigenvalue weighted by Gasteiger charge is 2.34. The maximum Gasteiger partial charge on any atom is 0.295 e. The molecule has 1 fully saturated rings. The largest absolute Gasteiger partial charge is 0.352 e. The Morgan fingerprint density at radius 2 is 1.96 bits per heavy atom. The number of rotatable bonds is 4. The van der Waals surface area contributed by atoms with Gasteiger partial charge in [-0.15, -0.1) is 0 Å². The number of aromatic nitrogens is 1. The number of thioether (sulfide) groups is 1. The third-order valence-corrected chi connectivity index (χ3v) is 4.28. The van der Waals surface area contributed by atoms with E-state index >= 15 is 0 Å². The van der Waals surface area contributed by atoms with Gasteiger partial charge in [-0.2, -0.15) is 0 Å². The molecule has 1 N–H and O–H groups in total. The molecule has 2 heterocycles. The Bertz CT molecular complexity index is 763. The maximum absolute atomic E-state index is 12.3. The number of carbonyl (C=O) groups excluding carboxylic acids is 2. The van der Waals surface area contributed by atoms with E-state index in [0.717, 1.165) is 22.2 Å². The molecule has 1 aliphatic heterocycles. The van der Waals surface area contributed by atoms with E-state index in [0.29, 0.717) is 15.7 Å². The molecule has 2 aromatic rings. The lowest BCUT2D eigenvalue weighted by atomic mass is 10.2. The third kappa shape index (κ3) is 3.72. The zero-order valence-electron chi connectivity index (χ0n) is 11.9. The summed E-state index contributed by atoms with van der Waals surface area (Å²) in [5, 5.41) is 3.27. The van der Waals surface area contributed by atoms with E-state index in [1.54, 1.807) is 48.7 Å². The zero-order valence-corrected chi connectivity index (χ0v) is 13.5. The molecule has 0 saturated carbocycles. The molecule has 0 unspecified atom stereocenters. The summed E-state index contributed by atoms with van der Waals surface area (Å²) in [4.78, 5) is 30.0. The van der Waals surface area contributed by atoms with Crippen LogP contribution in [0.15, 0.2) is 53.6 Å². The van der Waals surface area contributed by atoms with E-state index in [2.05, 4.69) is 10.3 Å². The molecule has 5 nitrogen and oxygen atoms in total. The summed E-state index contributed by atoms with van der Waals surface area (Å²) in [5.41, 5.74) is 0.817. The quantitative estimate of drug-likeness (QED) is 0.853. The van der Waals surface area contributed by atoms with Crippen LogP contribution >= 0.6 is 23.4 Å². The van der Waals surface area contributed by atoms with Crippen LogP contribution in [0.5, 0.6) is 0 Å². The third-order valence-electron chi connectivity index (χ3n) is 3.12. The lowest BCUT2D eigenvalue weighted by Gasteiger charge is -2.13. The molecule has 0 atom stereocenters. The van der Waals surface area contributed by atoms with Crippen LogP contribution in [0.25, 0.3) is 6.08 Å². The van der Waals surface area contributed by atoms with Crippen molar-refractivity contribution in [1.82, 2.24) is 9.88 Å². The lowest BCUT2D eigenvalue weighted by molar-refractivity contribution is -0.122. The van der Waals surface area contributed by atoms with Gasteiger partial charge >= 0.3 is 0 Å². The van der Waals surface area contributed by atoms with Crippen molar-refractivity contribution in [2.45, 2.75) is 0 Å². The van der Waals surface area contributed by atoms with E-state index in [1.165, 1.54) is 0 Å². The number of hydrogen-bond donors (Lipinski definition) is 1. The van der Waals surface area contributed by atoms with Gasteiger partial charge in [-0.25, -0.2) is 4.98 Å². The van der Waals surface area contributed by atoms with E-state index < -0.39 is 0 Å². The molecule has 116 valence electrons. The highest BCUT2D eigenvalue weighted by Crippen LogP contribution is 2.32. The van der Waals surface area contributed by atoms with Crippen molar-refractivity contribution in [3.05, 3.63) is 64.2 Å². The maximum atomic E-state index is 12.3. The predicted octanol–water partition coefficient (Wildman–Crippen LogP) is 3.84. The average Bonchev–Trinajstić information content (AvgIpc) is 2.82. The standard InChI is InChI=1S/C16H12ClN3O2S/c17-12-6-4-11(5-7-12)9-13-15(21)20(16(22)23-13)10-19-14-3-1-2-8-18-14/h1-9H,10H2,(H,18,19). The predicted molar refractivity (Wildman–Crippen MR) is 92.0 cm³/mol. The number of hydrogen-bond acceptors (Lipinski definition) is 5. The molecular formula is C16H12ClN3O2S. The van der Waals surface area contributed by atoms with Gasteiger partial charge in [-0.3, -0.25) is 14.5 Å². The van der Waals surface area contributed by atoms with Crippen LogP contribution in [0.1, 0.15) is 5.56 Å². The highest BCUT2D eigenvalue weighted by atomic mass is 35.5. The molecule has 0 spiro atoms. The highest BCUT2D eigenvalue weighted by molar-refractivity contribution is 8.18. The first-order valence-electron chi connectivity index (χ1n) is 6.79. The van der Waals surface area contributed by atoms with Crippen molar-refractivity contribution in [2.75, 3.05) is 12.0 Å². The van der Waals surface area contributed by atoms with Crippen LogP contribution < -0.4 is 5.32 Å². The molecular weight excluding hydrogens is 334 g/mol. The summed E-state index contributed by atoms with van der Waals surface area (Å²) < 4.78 is 0. The number of halogens is 1. The Hall–Kier alpha value is -2.31. The number of amides is 2. The zero-order chi connectivity index (χ0) is 16.2. The SMILES string of the molecule is O=C1SC(=Cc2ccc(Cl)cc2)C(=O)N1CNc1ccccn1. The minimum absolute atomic E-state index is 0.0830. The molecule has 0 bridgehead atoms. The lowest BCUT2D eigenvalue weighted by Crippen LogP contribution is -2.33. The Morgan fingerprint density at radius 1 is 1.17 bits per heavy atom. The van der Waals surface area contributed by atoms with Crippen LogP contribution in [0.2, 0.25) is 5.02 Å². The number of nitrogens with zero attached hydrogens (tertiary/aromatic N) is 2. The molecule has 2 amide bonds. The van der Waals surface area contributed by atoms with Crippen LogP contribution in [0.4, 0.5) is 10.6 Å². The molecule has 23 heavy (non-hydrogen) atoms. The van der Waals surface area contributed by atoms with E-state index in [9.17, 15) is 9.59 Å². The van der Waals surface area contributed by atoms with Gasteiger partial charge in [-0.05, 0) is 47.7 Å². The van der Waals surface area contributed by atoms with E-state index in [1.807, 2.05) is 6.07 Å². The average molecular weight is 346 g/mol. The van der Waals surface area contributed by atoms with Gasteiger partial charge in [-0.1, -0.05) is 29.8 Å². The molecule has 1 aliphatic rings. The molecule has 1 saturated heterocycles. The number of imide groups is 1. The van der Waals surface area contributed by atoms with Crippen molar-refractivity contribution in [3.63, 3.8) is 0 Å². The second kappa shape index (κ2) is 6.85. The van der Waals surface area contributed by atoms with Gasteiger partial charge in [0.05, 0.1) is 4.91 Å².